The van der Waals surface area contributed by atoms with Gasteiger partial charge in [0.05, 0.1) is 5.92 Å². The van der Waals surface area contributed by atoms with Gasteiger partial charge in [-0.2, -0.15) is 0 Å². The van der Waals surface area contributed by atoms with Crippen LogP contribution in [-0.4, -0.2) is 14.0 Å². The van der Waals surface area contributed by atoms with Crippen LogP contribution in [0.1, 0.15) is 24.0 Å². The molecule has 35 heavy (non-hydrogen) atoms. The van der Waals surface area contributed by atoms with Crippen molar-refractivity contribution in [3.05, 3.63) is 138 Å². The van der Waals surface area contributed by atoms with E-state index in [1.54, 1.807) is 0 Å². The maximum Gasteiger partial charge on any atom is 0.228 e. The van der Waals surface area contributed by atoms with Crippen LogP contribution in [0.5, 0.6) is 0 Å². The van der Waals surface area contributed by atoms with E-state index < -0.39 is 8.07 Å². The van der Waals surface area contributed by atoms with Gasteiger partial charge in [-0.25, -0.2) is 0 Å². The van der Waals surface area contributed by atoms with E-state index in [1.165, 1.54) is 37.4 Å². The highest BCUT2D eigenvalue weighted by Gasteiger charge is 2.46. The maximum atomic E-state index is 12.3. The predicted octanol–water partition coefficient (Wildman–Crippen LogP) is 3.61. The minimum absolute atomic E-state index is 0.154. The van der Waals surface area contributed by atoms with Gasteiger partial charge in [-0.05, 0) is 43.0 Å². The van der Waals surface area contributed by atoms with Crippen LogP contribution >= 0.6 is 0 Å². The van der Waals surface area contributed by atoms with Crippen LogP contribution in [0, 0.1) is 5.92 Å². The van der Waals surface area contributed by atoms with Gasteiger partial charge in [0.1, 0.15) is 0 Å². The molecule has 2 nitrogen and oxygen atoms in total. The molecule has 4 aromatic carbocycles. The van der Waals surface area contributed by atoms with E-state index in [2.05, 4.69) is 122 Å². The number of hydrogen-bond donors (Lipinski definition) is 1. The zero-order chi connectivity index (χ0) is 24.0. The van der Waals surface area contributed by atoms with Crippen molar-refractivity contribution >= 4 is 40.3 Å². The average molecular weight is 470 g/mol. The third-order valence-corrected chi connectivity index (χ3v) is 12.6. The normalized spacial score (nSPS) is 18.4. The van der Waals surface area contributed by atoms with E-state index in [0.717, 1.165) is 5.57 Å². The standard InChI is InChI=1S/C32H27NOSi/c1-22-26-18-11-19-29(31(26)27-20-21-28(30(22)27)32(33)34)35(23-12-5-2-6-13-23,24-14-7-3-8-15-24)25-16-9-4-10-17-25/h2-22,28H,1H3,(H2,33,34). The summed E-state index contributed by atoms with van der Waals surface area (Å²) in [6.07, 6.45) is 4.12. The van der Waals surface area contributed by atoms with Crippen LogP contribution in [-0.2, 0) is 4.79 Å². The molecule has 0 aliphatic heterocycles. The Morgan fingerprint density at radius 2 is 1.23 bits per heavy atom. The molecule has 0 heterocycles. The Hall–Kier alpha value is -3.95. The second-order valence-electron chi connectivity index (χ2n) is 9.45. The third kappa shape index (κ3) is 3.12. The number of fused-ring (bicyclic) bond motifs is 2. The van der Waals surface area contributed by atoms with Gasteiger partial charge in [-0.15, -0.1) is 0 Å². The highest BCUT2D eigenvalue weighted by molar-refractivity contribution is 7.20. The molecule has 0 fully saturated rings. The quantitative estimate of drug-likeness (QED) is 0.352. The Labute approximate surface area is 207 Å². The van der Waals surface area contributed by atoms with Crippen molar-refractivity contribution in [3.8, 4) is 0 Å². The molecule has 0 radical (unpaired) electrons. The molecule has 4 aromatic rings. The van der Waals surface area contributed by atoms with Gasteiger partial charge >= 0.3 is 0 Å². The Kier molecular flexibility index (Phi) is 5.16. The summed E-state index contributed by atoms with van der Waals surface area (Å²) in [4.78, 5) is 12.3. The van der Waals surface area contributed by atoms with Crippen molar-refractivity contribution in [2.45, 2.75) is 12.8 Å². The van der Waals surface area contributed by atoms with Gasteiger partial charge < -0.3 is 5.73 Å². The van der Waals surface area contributed by atoms with Crippen LogP contribution in [0.25, 0.3) is 5.57 Å². The van der Waals surface area contributed by atoms with E-state index in [4.69, 9.17) is 5.73 Å². The molecule has 0 saturated carbocycles. The van der Waals surface area contributed by atoms with Crippen molar-refractivity contribution in [1.82, 2.24) is 0 Å². The van der Waals surface area contributed by atoms with E-state index in [9.17, 15) is 4.79 Å². The monoisotopic (exact) mass is 469 g/mol. The predicted molar refractivity (Wildman–Crippen MR) is 147 cm³/mol. The summed E-state index contributed by atoms with van der Waals surface area (Å²) in [5.41, 5.74) is 10.8. The molecule has 2 unspecified atom stereocenters. The highest BCUT2D eigenvalue weighted by Crippen LogP contribution is 2.48. The van der Waals surface area contributed by atoms with Crippen molar-refractivity contribution in [1.29, 1.82) is 0 Å². The van der Waals surface area contributed by atoms with Crippen LogP contribution in [0.15, 0.2) is 127 Å². The van der Waals surface area contributed by atoms with Gasteiger partial charge in [0, 0.05) is 5.92 Å². The summed E-state index contributed by atoms with van der Waals surface area (Å²) in [5, 5.41) is 5.41. The number of nitrogens with two attached hydrogens (primary N) is 1. The second-order valence-corrected chi connectivity index (χ2v) is 13.2. The Balaban J connectivity index is 1.75. The van der Waals surface area contributed by atoms with E-state index in [0.29, 0.717) is 0 Å². The summed E-state index contributed by atoms with van der Waals surface area (Å²) < 4.78 is 0. The van der Waals surface area contributed by atoms with E-state index in [-0.39, 0.29) is 17.7 Å². The van der Waals surface area contributed by atoms with Crippen LogP contribution < -0.4 is 26.5 Å². The number of allylic oxidation sites excluding steroid dienone is 2. The molecule has 170 valence electrons. The SMILES string of the molecule is CC1C2=C(C=CC2C(N)=O)c2c1cccc2[Si](c1ccccc1)(c1ccccc1)c1ccccc1. The minimum Gasteiger partial charge on any atom is -0.369 e. The molecular weight excluding hydrogens is 442 g/mol. The number of amides is 1. The fourth-order valence-electron chi connectivity index (χ4n) is 6.28. The summed E-state index contributed by atoms with van der Waals surface area (Å²) in [6.45, 7) is 2.21. The molecule has 0 aromatic heterocycles. The van der Waals surface area contributed by atoms with Crippen LogP contribution in [0.3, 0.4) is 0 Å². The smallest absolute Gasteiger partial charge is 0.228 e. The number of carbonyl (C=O) groups excluding carboxylic acids is 1. The first-order valence-electron chi connectivity index (χ1n) is 12.2. The second kappa shape index (κ2) is 8.37. The van der Waals surface area contributed by atoms with Gasteiger partial charge in [-0.3, -0.25) is 4.79 Å². The van der Waals surface area contributed by atoms with Crippen molar-refractivity contribution in [2.75, 3.05) is 0 Å². The minimum atomic E-state index is -2.68. The van der Waals surface area contributed by atoms with E-state index >= 15 is 0 Å². The van der Waals surface area contributed by atoms with Gasteiger partial charge in [0.15, 0.2) is 8.07 Å². The summed E-state index contributed by atoms with van der Waals surface area (Å²) in [5.74, 6) is -0.451. The third-order valence-electron chi connectivity index (χ3n) is 7.73. The Morgan fingerprint density at radius 3 is 1.71 bits per heavy atom. The average Bonchev–Trinajstić information content (AvgIpc) is 3.47. The van der Waals surface area contributed by atoms with Crippen LogP contribution in [0.4, 0.5) is 0 Å². The largest absolute Gasteiger partial charge is 0.369 e. The summed E-state index contributed by atoms with van der Waals surface area (Å²) in [7, 11) is -2.68. The molecule has 2 N–H and O–H groups in total. The van der Waals surface area contributed by atoms with Gasteiger partial charge in [0.2, 0.25) is 5.91 Å². The highest BCUT2D eigenvalue weighted by atomic mass is 28.3. The topological polar surface area (TPSA) is 43.1 Å². The lowest BCUT2D eigenvalue weighted by atomic mass is 9.89. The summed E-state index contributed by atoms with van der Waals surface area (Å²) in [6, 6.07) is 39.7. The molecule has 2 aliphatic carbocycles. The lowest BCUT2D eigenvalue weighted by molar-refractivity contribution is -0.119. The van der Waals surface area contributed by atoms with Crippen LogP contribution in [0.2, 0.25) is 0 Å². The van der Waals surface area contributed by atoms with Gasteiger partial charge in [-0.1, -0.05) is 128 Å². The molecule has 2 aliphatic rings. The van der Waals surface area contributed by atoms with E-state index in [1.807, 2.05) is 6.08 Å². The van der Waals surface area contributed by atoms with Crippen molar-refractivity contribution in [3.63, 3.8) is 0 Å². The van der Waals surface area contributed by atoms with Gasteiger partial charge in [0.25, 0.3) is 0 Å². The number of hydrogen-bond acceptors (Lipinski definition) is 1. The van der Waals surface area contributed by atoms with Crippen molar-refractivity contribution in [2.24, 2.45) is 11.7 Å². The maximum absolute atomic E-state index is 12.3. The lowest BCUT2D eigenvalue weighted by Gasteiger charge is -2.36. The fourth-order valence-corrected chi connectivity index (χ4v) is 11.3. The Morgan fingerprint density at radius 1 is 0.714 bits per heavy atom. The molecule has 0 saturated heterocycles. The number of carbonyl (C=O) groups is 1. The Bertz CT molecular complexity index is 1380. The first kappa shape index (κ1) is 21.6. The zero-order valence-corrected chi connectivity index (χ0v) is 20.7. The molecule has 3 heteroatoms. The molecular formula is C32H27NOSi. The first-order chi connectivity index (χ1) is 17.1. The molecule has 0 bridgehead atoms. The first-order valence-corrected chi connectivity index (χ1v) is 14.2. The number of rotatable bonds is 5. The number of primary amides is 1. The molecule has 1 amide bonds. The molecule has 6 rings (SSSR count). The van der Waals surface area contributed by atoms with Crippen molar-refractivity contribution < 1.29 is 4.79 Å². The lowest BCUT2D eigenvalue weighted by Crippen LogP contribution is -2.75. The fraction of sp³-hybridized carbons (Fsp3) is 0.0938. The number of benzene rings is 4. The molecule has 0 spiro atoms. The zero-order valence-electron chi connectivity index (χ0n) is 19.7. The summed E-state index contributed by atoms with van der Waals surface area (Å²) >= 11 is 0. The molecule has 2 atom stereocenters.